The second-order valence-electron chi connectivity index (χ2n) is 9.27. The summed E-state index contributed by atoms with van der Waals surface area (Å²) in [5, 5.41) is 22.3. The molecule has 13 heteroatoms. The van der Waals surface area contributed by atoms with E-state index in [0.717, 1.165) is 6.26 Å². The summed E-state index contributed by atoms with van der Waals surface area (Å²) in [5.74, 6) is 0.566. The lowest BCUT2D eigenvalue weighted by Gasteiger charge is -2.35. The van der Waals surface area contributed by atoms with Crippen molar-refractivity contribution in [3.8, 4) is 29.0 Å². The van der Waals surface area contributed by atoms with Gasteiger partial charge < -0.3 is 24.8 Å². The smallest absolute Gasteiger partial charge is 0.251 e. The number of carbonyl (C=O) groups excluding carboxylic acids is 1. The van der Waals surface area contributed by atoms with Crippen LogP contribution in [0.3, 0.4) is 0 Å². The van der Waals surface area contributed by atoms with E-state index in [1.807, 2.05) is 0 Å². The van der Waals surface area contributed by atoms with Gasteiger partial charge in [0.15, 0.2) is 21.8 Å². The Labute approximate surface area is 231 Å². The molecule has 210 valence electrons. The monoisotopic (exact) mass is 569 g/mol. The minimum atomic E-state index is -3.47. The van der Waals surface area contributed by atoms with Crippen molar-refractivity contribution in [1.82, 2.24) is 14.9 Å². The Morgan fingerprint density at radius 2 is 2.02 bits per heavy atom. The molecule has 2 aromatic carbocycles. The van der Waals surface area contributed by atoms with E-state index in [-0.39, 0.29) is 41.5 Å². The van der Waals surface area contributed by atoms with Gasteiger partial charge >= 0.3 is 0 Å². The maximum Gasteiger partial charge on any atom is 0.251 e. The summed E-state index contributed by atoms with van der Waals surface area (Å²) in [6.45, 7) is 1.36. The number of benzene rings is 2. The van der Waals surface area contributed by atoms with Crippen LogP contribution in [0.5, 0.6) is 11.5 Å². The number of alkyl halides is 1. The molecule has 2 heterocycles. The van der Waals surface area contributed by atoms with Crippen LogP contribution in [0, 0.1) is 11.3 Å². The van der Waals surface area contributed by atoms with Crippen molar-refractivity contribution in [2.45, 2.75) is 36.6 Å². The number of rotatable bonds is 8. The Bertz CT molecular complexity index is 1560. The Balaban J connectivity index is 1.50. The number of anilines is 2. The molecule has 0 aliphatic carbocycles. The Morgan fingerprint density at radius 3 is 2.67 bits per heavy atom. The number of halogens is 1. The average molecular weight is 570 g/mol. The molecule has 1 aromatic heterocycles. The Morgan fingerprint density at radius 1 is 1.25 bits per heavy atom. The molecule has 1 aliphatic heterocycles. The predicted octanol–water partition coefficient (Wildman–Crippen LogP) is 2.87. The van der Waals surface area contributed by atoms with Gasteiger partial charge in [-0.25, -0.2) is 22.8 Å². The number of methoxy groups -OCH3 is 1. The quantitative estimate of drug-likeness (QED) is 0.414. The summed E-state index contributed by atoms with van der Waals surface area (Å²) in [5.41, 5.74) is 1.22. The molecule has 2 N–H and O–H groups in total. The van der Waals surface area contributed by atoms with Gasteiger partial charge in [-0.15, -0.1) is 0 Å². The van der Waals surface area contributed by atoms with Gasteiger partial charge in [-0.2, -0.15) is 5.26 Å². The Kier molecular flexibility index (Phi) is 8.51. The van der Waals surface area contributed by atoms with Crippen molar-refractivity contribution in [1.29, 1.82) is 5.26 Å². The van der Waals surface area contributed by atoms with E-state index in [2.05, 4.69) is 21.4 Å². The number of hydrogen-bond acceptors (Lipinski definition) is 10. The fourth-order valence-corrected chi connectivity index (χ4v) is 5.09. The molecular weight excluding hydrogens is 541 g/mol. The van der Waals surface area contributed by atoms with Gasteiger partial charge in [0.1, 0.15) is 40.5 Å². The Hall–Kier alpha value is -4.28. The van der Waals surface area contributed by atoms with Gasteiger partial charge in [0.25, 0.3) is 5.91 Å². The molecule has 1 amide bonds. The predicted molar refractivity (Wildman–Crippen MR) is 144 cm³/mol. The number of piperidine rings is 1. The topological polar surface area (TPSA) is 155 Å². The lowest BCUT2D eigenvalue weighted by molar-refractivity contribution is -0.143. The fourth-order valence-electron chi connectivity index (χ4n) is 4.27. The summed E-state index contributed by atoms with van der Waals surface area (Å²) in [4.78, 5) is 22.1. The highest BCUT2D eigenvalue weighted by molar-refractivity contribution is 7.90. The summed E-state index contributed by atoms with van der Waals surface area (Å²) >= 11 is 0. The minimum Gasteiger partial charge on any atom is -0.495 e. The first-order valence-corrected chi connectivity index (χ1v) is 14.2. The molecule has 3 aromatic rings. The summed E-state index contributed by atoms with van der Waals surface area (Å²) in [6, 6.07) is 13.0. The number of sulfone groups is 1. The number of nitriles is 1. The van der Waals surface area contributed by atoms with Gasteiger partial charge in [0.2, 0.25) is 0 Å². The summed E-state index contributed by atoms with van der Waals surface area (Å²) in [7, 11) is -2.09. The number of carbonyl (C=O) groups is 1. The third kappa shape index (κ3) is 6.47. The number of likely N-dealkylation sites (tertiary alicyclic amines) is 1. The second-order valence-corrected chi connectivity index (χ2v) is 11.3. The molecular formula is C27H28FN5O6S. The first-order valence-electron chi connectivity index (χ1n) is 12.3. The number of ether oxygens (including phenoxy) is 2. The van der Waals surface area contributed by atoms with Gasteiger partial charge in [0, 0.05) is 42.7 Å². The summed E-state index contributed by atoms with van der Waals surface area (Å²) in [6.07, 6.45) is -0.717. The SMILES string of the molecule is COc1cc(Nc2ccnc(-c3ccc(O[C@H]4CCN(C(=O)[C@H](C)O)C[C@H]4F)c(C#N)c3)n2)ccc1S(C)(=O)=O. The molecule has 11 nitrogen and oxygen atoms in total. The van der Waals surface area contributed by atoms with Crippen molar-refractivity contribution in [3.63, 3.8) is 0 Å². The first kappa shape index (κ1) is 28.7. The van der Waals surface area contributed by atoms with E-state index in [0.29, 0.717) is 22.9 Å². The zero-order chi connectivity index (χ0) is 29.0. The van der Waals surface area contributed by atoms with Gasteiger partial charge in [0.05, 0.1) is 19.2 Å². The molecule has 1 fully saturated rings. The van der Waals surface area contributed by atoms with Gasteiger partial charge in [-0.05, 0) is 43.3 Å². The van der Waals surface area contributed by atoms with Crippen LogP contribution in [-0.4, -0.2) is 79.1 Å². The van der Waals surface area contributed by atoms with Crippen LogP contribution >= 0.6 is 0 Å². The number of amides is 1. The molecule has 1 aliphatic rings. The number of aliphatic hydroxyl groups excluding tert-OH is 1. The van der Waals surface area contributed by atoms with Crippen LogP contribution in [0.25, 0.3) is 11.4 Å². The minimum absolute atomic E-state index is 0.0631. The van der Waals surface area contributed by atoms with Crippen LogP contribution in [-0.2, 0) is 14.6 Å². The summed E-state index contributed by atoms with van der Waals surface area (Å²) < 4.78 is 49.7. The van der Waals surface area contributed by atoms with Gasteiger partial charge in [-0.3, -0.25) is 4.79 Å². The third-order valence-electron chi connectivity index (χ3n) is 6.28. The molecule has 0 saturated carbocycles. The first-order chi connectivity index (χ1) is 19.0. The van der Waals surface area contributed by atoms with Crippen molar-refractivity contribution in [3.05, 3.63) is 54.2 Å². The zero-order valence-electron chi connectivity index (χ0n) is 22.0. The molecule has 0 radical (unpaired) electrons. The number of nitrogens with zero attached hydrogens (tertiary/aromatic N) is 4. The highest BCUT2D eigenvalue weighted by atomic mass is 32.2. The maximum atomic E-state index is 14.8. The van der Waals surface area contributed by atoms with E-state index in [9.17, 15) is 28.0 Å². The second kappa shape index (κ2) is 11.8. The third-order valence-corrected chi connectivity index (χ3v) is 7.41. The van der Waals surface area contributed by atoms with Crippen LogP contribution in [0.4, 0.5) is 15.9 Å². The normalized spacial score (nSPS) is 17.9. The van der Waals surface area contributed by atoms with Crippen LogP contribution in [0.1, 0.15) is 18.9 Å². The van der Waals surface area contributed by atoms with Crippen molar-refractivity contribution >= 4 is 27.2 Å². The van der Waals surface area contributed by atoms with Crippen LogP contribution in [0.2, 0.25) is 0 Å². The van der Waals surface area contributed by atoms with Crippen LogP contribution < -0.4 is 14.8 Å². The van der Waals surface area contributed by atoms with Gasteiger partial charge in [-0.1, -0.05) is 0 Å². The molecule has 40 heavy (non-hydrogen) atoms. The molecule has 0 bridgehead atoms. The maximum absolute atomic E-state index is 14.8. The fraction of sp³-hybridized carbons (Fsp3) is 0.333. The van der Waals surface area contributed by atoms with E-state index in [4.69, 9.17) is 9.47 Å². The molecule has 1 saturated heterocycles. The van der Waals surface area contributed by atoms with Crippen molar-refractivity contribution < 1.29 is 32.2 Å². The highest BCUT2D eigenvalue weighted by Gasteiger charge is 2.34. The number of aliphatic hydroxyl groups is 1. The van der Waals surface area contributed by atoms with E-state index >= 15 is 0 Å². The van der Waals surface area contributed by atoms with E-state index < -0.39 is 34.1 Å². The van der Waals surface area contributed by atoms with E-state index in [1.165, 1.54) is 37.3 Å². The standard InChI is InChI=1S/C27H28FN5O6S/c1-16(34)27(35)33-11-9-22(20(28)15-33)39-21-6-4-17(12-18(21)14-29)26-30-10-8-25(32-26)31-19-5-7-24(40(3,36)37)23(13-19)38-2/h4-8,10,12-13,16,20,22,34H,9,11,15H2,1-3H3,(H,30,31,32)/t16-,20+,22-/m0/s1. The van der Waals surface area contributed by atoms with Crippen molar-refractivity contribution in [2.24, 2.45) is 0 Å². The lowest BCUT2D eigenvalue weighted by Crippen LogP contribution is -2.51. The number of aromatic nitrogens is 2. The highest BCUT2D eigenvalue weighted by Crippen LogP contribution is 2.31. The number of nitrogens with one attached hydrogen (secondary N) is 1. The molecule has 0 spiro atoms. The average Bonchev–Trinajstić information content (AvgIpc) is 2.93. The van der Waals surface area contributed by atoms with Crippen LogP contribution in [0.15, 0.2) is 53.6 Å². The van der Waals surface area contributed by atoms with Crippen molar-refractivity contribution in [2.75, 3.05) is 31.8 Å². The lowest BCUT2D eigenvalue weighted by atomic mass is 10.0. The molecule has 4 rings (SSSR count). The molecule has 0 unspecified atom stereocenters. The zero-order valence-corrected chi connectivity index (χ0v) is 22.9. The van der Waals surface area contributed by atoms with E-state index in [1.54, 1.807) is 30.3 Å². The molecule has 3 atom stereocenters. The largest absolute Gasteiger partial charge is 0.495 e. The number of hydrogen-bond donors (Lipinski definition) is 2.